The van der Waals surface area contributed by atoms with Gasteiger partial charge in [0, 0.05) is 28.7 Å². The van der Waals surface area contributed by atoms with E-state index in [0.29, 0.717) is 38.1 Å². The number of carbonyl (C=O) groups is 1. The van der Waals surface area contributed by atoms with Crippen molar-refractivity contribution in [1.29, 1.82) is 0 Å². The number of hydrogen-bond acceptors (Lipinski definition) is 4. The van der Waals surface area contributed by atoms with Crippen LogP contribution in [0.4, 0.5) is 0 Å². The van der Waals surface area contributed by atoms with Gasteiger partial charge < -0.3 is 10.4 Å². The molecule has 0 spiro atoms. The summed E-state index contributed by atoms with van der Waals surface area (Å²) in [5, 5.41) is 16.8. The predicted molar refractivity (Wildman–Crippen MR) is 108 cm³/mol. The van der Waals surface area contributed by atoms with Crippen molar-refractivity contribution in [3.8, 4) is 5.69 Å². The molecule has 2 aromatic heterocycles. The minimum Gasteiger partial charge on any atom is -0.392 e. The highest BCUT2D eigenvalue weighted by atomic mass is 35.5. The molecule has 1 atom stereocenters. The summed E-state index contributed by atoms with van der Waals surface area (Å²) in [6.07, 6.45) is 0.887. The fraction of sp³-hybridized carbons (Fsp3) is 0.150. The van der Waals surface area contributed by atoms with Crippen LogP contribution in [0.5, 0.6) is 0 Å². The van der Waals surface area contributed by atoms with Crippen LogP contribution in [-0.4, -0.2) is 38.4 Å². The third kappa shape index (κ3) is 3.26. The zero-order valence-electron chi connectivity index (χ0n) is 14.9. The minimum absolute atomic E-state index is 0.156. The van der Waals surface area contributed by atoms with Crippen LogP contribution in [0.15, 0.2) is 53.5 Å². The molecule has 8 heteroatoms. The van der Waals surface area contributed by atoms with Gasteiger partial charge in [-0.25, -0.2) is 4.68 Å². The summed E-state index contributed by atoms with van der Waals surface area (Å²) in [6, 6.07) is 12.0. The molecule has 2 aromatic carbocycles. The number of nitrogens with one attached hydrogen (secondary N) is 2. The third-order valence-electron chi connectivity index (χ3n) is 4.43. The van der Waals surface area contributed by atoms with Gasteiger partial charge in [0.2, 0.25) is 0 Å². The Labute approximate surface area is 164 Å². The van der Waals surface area contributed by atoms with E-state index in [-0.39, 0.29) is 18.0 Å². The normalized spacial score (nSPS) is 12.4. The molecule has 4 aromatic rings. The van der Waals surface area contributed by atoms with E-state index in [2.05, 4.69) is 15.4 Å². The lowest BCUT2D eigenvalue weighted by Crippen LogP contribution is -2.30. The lowest BCUT2D eigenvalue weighted by Gasteiger charge is -2.08. The quantitative estimate of drug-likeness (QED) is 0.493. The molecule has 4 rings (SSSR count). The molecule has 0 aliphatic carbocycles. The maximum Gasteiger partial charge on any atom is 0.280 e. The Bertz CT molecular complexity index is 1240. The van der Waals surface area contributed by atoms with E-state index in [1.54, 1.807) is 49.4 Å². The summed E-state index contributed by atoms with van der Waals surface area (Å²) >= 11 is 5.93. The predicted octanol–water partition coefficient (Wildman–Crippen LogP) is 2.63. The second-order valence-electron chi connectivity index (χ2n) is 6.57. The van der Waals surface area contributed by atoms with Crippen LogP contribution in [0.2, 0.25) is 5.02 Å². The minimum atomic E-state index is -0.637. The number of aromatic amines is 1. The zero-order valence-corrected chi connectivity index (χ0v) is 15.7. The van der Waals surface area contributed by atoms with E-state index in [0.717, 1.165) is 0 Å². The second kappa shape index (κ2) is 7.10. The van der Waals surface area contributed by atoms with Crippen LogP contribution in [0.1, 0.15) is 17.3 Å². The fourth-order valence-electron chi connectivity index (χ4n) is 3.01. The van der Waals surface area contributed by atoms with E-state index < -0.39 is 6.10 Å². The van der Waals surface area contributed by atoms with Gasteiger partial charge in [0.25, 0.3) is 11.5 Å². The number of pyridine rings is 1. The van der Waals surface area contributed by atoms with Gasteiger partial charge in [-0.1, -0.05) is 11.6 Å². The Hall–Kier alpha value is -3.16. The molecule has 1 amide bonds. The first-order valence-electron chi connectivity index (χ1n) is 8.70. The molecule has 28 heavy (non-hydrogen) atoms. The monoisotopic (exact) mass is 396 g/mol. The molecule has 0 saturated heterocycles. The Morgan fingerprint density at radius 2 is 2.00 bits per heavy atom. The van der Waals surface area contributed by atoms with Crippen molar-refractivity contribution in [3.05, 3.63) is 69.6 Å². The second-order valence-corrected chi connectivity index (χ2v) is 7.00. The summed E-state index contributed by atoms with van der Waals surface area (Å²) in [4.78, 5) is 29.5. The number of fused-ring (bicyclic) bond motifs is 3. The van der Waals surface area contributed by atoms with Gasteiger partial charge in [0.05, 0.1) is 28.2 Å². The third-order valence-corrected chi connectivity index (χ3v) is 4.68. The molecule has 2 heterocycles. The molecule has 0 aliphatic rings. The van der Waals surface area contributed by atoms with Crippen molar-refractivity contribution in [2.24, 2.45) is 0 Å². The highest BCUT2D eigenvalue weighted by Gasteiger charge is 2.14. The van der Waals surface area contributed by atoms with Crippen molar-refractivity contribution >= 4 is 39.3 Å². The number of H-pyrrole nitrogens is 1. The number of aliphatic hydroxyl groups excluding tert-OH is 1. The lowest BCUT2D eigenvalue weighted by atomic mass is 10.1. The van der Waals surface area contributed by atoms with Crippen LogP contribution in [0.25, 0.3) is 27.5 Å². The SMILES string of the molecule is C[C@H](O)CNC(=O)c1ccc2ncc3c(=O)n(-c4ccc(Cl)cc4)[nH]c3c2c1. The molecule has 0 unspecified atom stereocenters. The summed E-state index contributed by atoms with van der Waals surface area (Å²) in [7, 11) is 0. The first-order chi connectivity index (χ1) is 13.4. The summed E-state index contributed by atoms with van der Waals surface area (Å²) in [5.41, 5.74) is 2.07. The van der Waals surface area contributed by atoms with Crippen LogP contribution in [0.3, 0.4) is 0 Å². The van der Waals surface area contributed by atoms with Crippen molar-refractivity contribution in [2.45, 2.75) is 13.0 Å². The number of amides is 1. The van der Waals surface area contributed by atoms with Gasteiger partial charge in [-0.2, -0.15) is 0 Å². The first kappa shape index (κ1) is 18.2. The molecular formula is C20H17ClN4O3. The molecule has 0 fully saturated rings. The van der Waals surface area contributed by atoms with Crippen molar-refractivity contribution in [1.82, 2.24) is 20.1 Å². The molecular weight excluding hydrogens is 380 g/mol. The number of aromatic nitrogens is 3. The maximum atomic E-state index is 12.8. The summed E-state index contributed by atoms with van der Waals surface area (Å²) in [5.74, 6) is -0.306. The average molecular weight is 397 g/mol. The van der Waals surface area contributed by atoms with Gasteiger partial charge in [-0.15, -0.1) is 0 Å². The number of hydrogen-bond donors (Lipinski definition) is 3. The van der Waals surface area contributed by atoms with Crippen LogP contribution < -0.4 is 10.9 Å². The smallest absolute Gasteiger partial charge is 0.280 e. The molecule has 0 aliphatic heterocycles. The van der Waals surface area contributed by atoms with Crippen molar-refractivity contribution in [3.63, 3.8) is 0 Å². The number of rotatable bonds is 4. The number of nitrogens with zero attached hydrogens (tertiary/aromatic N) is 2. The Balaban J connectivity index is 1.85. The number of aliphatic hydroxyl groups is 1. The topological polar surface area (TPSA) is 100 Å². The number of carbonyl (C=O) groups excluding carboxylic acids is 1. The van der Waals surface area contributed by atoms with Gasteiger partial charge >= 0.3 is 0 Å². The molecule has 3 N–H and O–H groups in total. The first-order valence-corrected chi connectivity index (χ1v) is 9.07. The Morgan fingerprint density at radius 1 is 1.25 bits per heavy atom. The van der Waals surface area contributed by atoms with E-state index in [9.17, 15) is 14.7 Å². The van der Waals surface area contributed by atoms with Crippen molar-refractivity contribution < 1.29 is 9.90 Å². The van der Waals surface area contributed by atoms with Crippen LogP contribution in [-0.2, 0) is 0 Å². The number of halogens is 1. The Kier molecular flexibility index (Phi) is 4.62. The maximum absolute atomic E-state index is 12.8. The standard InChI is InChI=1S/C20H17ClN4O3/c1-11(26)9-23-19(27)12-2-7-17-15(8-12)18-16(10-22-17)20(28)25(24-18)14-5-3-13(21)4-6-14/h2-8,10-11,24,26H,9H2,1H3,(H,23,27)/t11-/m0/s1. The molecule has 0 saturated carbocycles. The highest BCUT2D eigenvalue weighted by molar-refractivity contribution is 6.30. The van der Waals surface area contributed by atoms with E-state index >= 15 is 0 Å². The van der Waals surface area contributed by atoms with E-state index in [1.807, 2.05) is 0 Å². The average Bonchev–Trinajstić information content (AvgIpc) is 3.03. The Morgan fingerprint density at radius 3 is 2.71 bits per heavy atom. The molecule has 7 nitrogen and oxygen atoms in total. The largest absolute Gasteiger partial charge is 0.392 e. The van der Waals surface area contributed by atoms with Gasteiger partial charge in [0.15, 0.2) is 0 Å². The molecule has 142 valence electrons. The molecule has 0 radical (unpaired) electrons. The number of benzene rings is 2. The van der Waals surface area contributed by atoms with Gasteiger partial charge in [0.1, 0.15) is 0 Å². The summed E-state index contributed by atoms with van der Waals surface area (Å²) in [6.45, 7) is 1.75. The fourth-order valence-corrected chi connectivity index (χ4v) is 3.14. The lowest BCUT2D eigenvalue weighted by molar-refractivity contribution is 0.0924. The van der Waals surface area contributed by atoms with Crippen molar-refractivity contribution in [2.75, 3.05) is 6.54 Å². The van der Waals surface area contributed by atoms with Crippen LogP contribution >= 0.6 is 11.6 Å². The van der Waals surface area contributed by atoms with Crippen LogP contribution in [0, 0.1) is 0 Å². The van der Waals surface area contributed by atoms with Gasteiger partial charge in [-0.05, 0) is 49.4 Å². The summed E-state index contributed by atoms with van der Waals surface area (Å²) < 4.78 is 1.42. The highest BCUT2D eigenvalue weighted by Crippen LogP contribution is 2.22. The van der Waals surface area contributed by atoms with E-state index in [4.69, 9.17) is 11.6 Å². The molecule has 0 bridgehead atoms. The van der Waals surface area contributed by atoms with E-state index in [1.165, 1.54) is 10.9 Å². The van der Waals surface area contributed by atoms with Gasteiger partial charge in [-0.3, -0.25) is 19.7 Å². The zero-order chi connectivity index (χ0) is 19.8.